The van der Waals surface area contributed by atoms with Gasteiger partial charge in [0.15, 0.2) is 0 Å². The third-order valence-corrected chi connectivity index (χ3v) is 6.85. The van der Waals surface area contributed by atoms with Gasteiger partial charge in [-0.1, -0.05) is 130 Å². The quantitative estimate of drug-likeness (QED) is 0.127. The second-order valence-electron chi connectivity index (χ2n) is 12.3. The predicted octanol–water partition coefficient (Wildman–Crippen LogP) is 11.3. The van der Waals surface area contributed by atoms with Gasteiger partial charge in [0.25, 0.3) is 0 Å². The van der Waals surface area contributed by atoms with Gasteiger partial charge in [-0.15, -0.1) is 0 Å². The van der Waals surface area contributed by atoms with Crippen LogP contribution in [-0.4, -0.2) is 21.9 Å². The Morgan fingerprint density at radius 3 is 1.45 bits per heavy atom. The summed E-state index contributed by atoms with van der Waals surface area (Å²) in [6.45, 7) is 20.7. The lowest BCUT2D eigenvalue weighted by Gasteiger charge is -2.29. The number of aliphatic hydroxyl groups is 2. The number of hydrogen-bond acceptors (Lipinski definition) is 2. The normalized spacial score (nSPS) is 16.6. The highest BCUT2D eigenvalue weighted by Gasteiger charge is 2.28. The van der Waals surface area contributed by atoms with E-state index >= 15 is 0 Å². The van der Waals surface area contributed by atoms with Crippen LogP contribution in [0.2, 0.25) is 0 Å². The van der Waals surface area contributed by atoms with Crippen LogP contribution in [0.4, 0.5) is 0 Å². The average Bonchev–Trinajstić information content (AvgIpc) is 2.89. The first kappa shape index (κ1) is 39.1. The number of aliphatic hydroxyl groups excluding tert-OH is 1. The highest BCUT2D eigenvalue weighted by atomic mass is 16.3. The van der Waals surface area contributed by atoms with Gasteiger partial charge < -0.3 is 10.2 Å². The molecule has 0 heterocycles. The summed E-state index contributed by atoms with van der Waals surface area (Å²) in [4.78, 5) is 0. The van der Waals surface area contributed by atoms with Crippen LogP contribution in [0, 0.1) is 0 Å². The van der Waals surface area contributed by atoms with Crippen LogP contribution in [0.1, 0.15) is 108 Å². The topological polar surface area (TPSA) is 40.5 Å². The molecule has 0 aliphatic heterocycles. The van der Waals surface area contributed by atoms with Gasteiger partial charge in [0, 0.05) is 0 Å². The molecule has 2 nitrogen and oxygen atoms in total. The molecule has 0 spiro atoms. The predicted molar refractivity (Wildman–Crippen MR) is 189 cm³/mol. The van der Waals surface area contributed by atoms with Crippen LogP contribution in [0.25, 0.3) is 0 Å². The van der Waals surface area contributed by atoms with E-state index in [1.807, 2.05) is 19.9 Å². The molecule has 0 aromatic carbocycles. The van der Waals surface area contributed by atoms with E-state index in [4.69, 9.17) is 0 Å². The Morgan fingerprint density at radius 2 is 0.976 bits per heavy atom. The molecule has 0 bridgehead atoms. The Labute approximate surface area is 259 Å². The third kappa shape index (κ3) is 22.7. The van der Waals surface area contributed by atoms with Crippen LogP contribution in [0.5, 0.6) is 0 Å². The summed E-state index contributed by atoms with van der Waals surface area (Å²) >= 11 is 0. The minimum atomic E-state index is -1.06. The lowest BCUT2D eigenvalue weighted by Crippen LogP contribution is -2.39. The summed E-state index contributed by atoms with van der Waals surface area (Å²) in [6, 6.07) is 0. The van der Waals surface area contributed by atoms with E-state index in [1.165, 1.54) is 33.4 Å². The lowest BCUT2D eigenvalue weighted by molar-refractivity contribution is -0.0691. The highest BCUT2D eigenvalue weighted by molar-refractivity contribution is 5.31. The van der Waals surface area contributed by atoms with Crippen molar-refractivity contribution in [3.63, 3.8) is 0 Å². The minimum absolute atomic E-state index is 0.552. The molecular formula is C40H60O2. The van der Waals surface area contributed by atoms with E-state index in [0.29, 0.717) is 12.8 Å². The van der Waals surface area contributed by atoms with Gasteiger partial charge in [0.1, 0.15) is 0 Å². The Balaban J connectivity index is 4.70. The maximum absolute atomic E-state index is 10.6. The summed E-state index contributed by atoms with van der Waals surface area (Å²) in [5, 5.41) is 21.1. The summed E-state index contributed by atoms with van der Waals surface area (Å²) in [5.74, 6) is 0. The zero-order valence-corrected chi connectivity index (χ0v) is 28.4. The smallest absolute Gasteiger partial charge is 0.0880 e. The molecule has 0 aliphatic rings. The van der Waals surface area contributed by atoms with Crippen molar-refractivity contribution in [1.29, 1.82) is 0 Å². The van der Waals surface area contributed by atoms with Crippen LogP contribution in [0.3, 0.4) is 0 Å². The molecule has 0 radical (unpaired) electrons. The summed E-state index contributed by atoms with van der Waals surface area (Å²) < 4.78 is 0. The first-order valence-corrected chi connectivity index (χ1v) is 15.4. The summed E-state index contributed by atoms with van der Waals surface area (Å²) in [6.07, 6.45) is 35.8. The van der Waals surface area contributed by atoms with Crippen molar-refractivity contribution < 1.29 is 10.2 Å². The SMILES string of the molecule is CC(C)=CCC/C(C)=C/C=C/C(C)=C/C=C/C(C)=C/C=C/C=C(C)/C=C/C=C(\C)CCC(O)C(C)(O)CCC=C(C)C. The molecule has 0 amide bonds. The number of hydrogen-bond donors (Lipinski definition) is 2. The first-order valence-electron chi connectivity index (χ1n) is 15.4. The van der Waals surface area contributed by atoms with Crippen LogP contribution < -0.4 is 0 Å². The number of allylic oxidation sites excluding steroid dienone is 22. The second-order valence-corrected chi connectivity index (χ2v) is 12.3. The molecule has 0 aliphatic carbocycles. The monoisotopic (exact) mass is 572 g/mol. The second kappa shape index (κ2) is 22.6. The van der Waals surface area contributed by atoms with Crippen molar-refractivity contribution in [1.82, 2.24) is 0 Å². The van der Waals surface area contributed by atoms with Crippen molar-refractivity contribution in [3.05, 3.63) is 130 Å². The molecule has 2 atom stereocenters. The van der Waals surface area contributed by atoms with Gasteiger partial charge >= 0.3 is 0 Å². The Hall–Kier alpha value is -2.94. The first-order chi connectivity index (χ1) is 19.7. The van der Waals surface area contributed by atoms with E-state index in [0.717, 1.165) is 31.3 Å². The Bertz CT molecular complexity index is 1130. The molecule has 0 aromatic heterocycles. The molecule has 0 saturated heterocycles. The summed E-state index contributed by atoms with van der Waals surface area (Å²) in [5.41, 5.74) is 7.69. The van der Waals surface area contributed by atoms with Crippen molar-refractivity contribution in [2.24, 2.45) is 0 Å². The maximum atomic E-state index is 10.6. The number of rotatable bonds is 18. The van der Waals surface area contributed by atoms with Crippen LogP contribution in [-0.2, 0) is 0 Å². The maximum Gasteiger partial charge on any atom is 0.0880 e. The lowest BCUT2D eigenvalue weighted by atomic mass is 9.89. The van der Waals surface area contributed by atoms with Crippen LogP contribution in [0.15, 0.2) is 130 Å². The van der Waals surface area contributed by atoms with Gasteiger partial charge in [-0.25, -0.2) is 0 Å². The van der Waals surface area contributed by atoms with E-state index in [1.54, 1.807) is 6.92 Å². The van der Waals surface area contributed by atoms with Gasteiger partial charge in [0.05, 0.1) is 11.7 Å². The molecule has 0 saturated carbocycles. The Morgan fingerprint density at radius 1 is 0.571 bits per heavy atom. The zero-order chi connectivity index (χ0) is 32.0. The van der Waals surface area contributed by atoms with E-state index in [2.05, 4.69) is 134 Å². The van der Waals surface area contributed by atoms with Crippen molar-refractivity contribution in [3.8, 4) is 0 Å². The van der Waals surface area contributed by atoms with Crippen molar-refractivity contribution in [2.45, 2.75) is 119 Å². The van der Waals surface area contributed by atoms with Crippen molar-refractivity contribution >= 4 is 0 Å². The van der Waals surface area contributed by atoms with Gasteiger partial charge in [-0.05, 0) is 108 Å². The molecule has 2 unspecified atom stereocenters. The minimum Gasteiger partial charge on any atom is -0.390 e. The molecule has 42 heavy (non-hydrogen) atoms. The molecule has 2 heteroatoms. The van der Waals surface area contributed by atoms with Gasteiger partial charge in [-0.2, -0.15) is 0 Å². The fourth-order valence-corrected chi connectivity index (χ4v) is 3.91. The Kier molecular flexibility index (Phi) is 21.0. The summed E-state index contributed by atoms with van der Waals surface area (Å²) in [7, 11) is 0. The largest absolute Gasteiger partial charge is 0.390 e. The average molecular weight is 573 g/mol. The zero-order valence-electron chi connectivity index (χ0n) is 28.4. The van der Waals surface area contributed by atoms with Crippen LogP contribution >= 0.6 is 0 Å². The van der Waals surface area contributed by atoms with E-state index in [9.17, 15) is 10.2 Å². The standard InChI is InChI=1S/C40H60O2/c1-32(2)18-13-22-36(7)25-15-27-37(8)26-14-23-34(5)20-11-12-21-35(6)24-16-28-38(9)29-30-39(41)40(10,42)31-17-19-33(3)4/h11-12,14-16,18-21,23-28,39,41-42H,13,17,22,29-31H2,1-10H3/b12-11+,23-14+,24-16+,27-15+,34-20+,35-21+,36-25+,37-26+,38-28+. The fraction of sp³-hybridized carbons (Fsp3) is 0.450. The molecule has 2 N–H and O–H groups in total. The molecule has 232 valence electrons. The third-order valence-electron chi connectivity index (χ3n) is 6.85. The molecule has 0 fully saturated rings. The highest BCUT2D eigenvalue weighted by Crippen LogP contribution is 2.23. The van der Waals surface area contributed by atoms with E-state index in [-0.39, 0.29) is 0 Å². The van der Waals surface area contributed by atoms with Gasteiger partial charge in [-0.3, -0.25) is 0 Å². The van der Waals surface area contributed by atoms with Crippen molar-refractivity contribution in [2.75, 3.05) is 0 Å². The molecule has 0 rings (SSSR count). The molecule has 0 aromatic rings. The fourth-order valence-electron chi connectivity index (χ4n) is 3.91. The molecular weight excluding hydrogens is 512 g/mol. The van der Waals surface area contributed by atoms with Gasteiger partial charge in [0.2, 0.25) is 0 Å². The van der Waals surface area contributed by atoms with E-state index < -0.39 is 11.7 Å².